The number of nitrogens with zero attached hydrogens (tertiary/aromatic N) is 3. The van der Waals surface area contributed by atoms with Crippen molar-refractivity contribution in [1.29, 1.82) is 0 Å². The maximum Gasteiger partial charge on any atom is 0.165 e. The van der Waals surface area contributed by atoms with Crippen molar-refractivity contribution in [2.75, 3.05) is 41.3 Å². The fourth-order valence-corrected chi connectivity index (χ4v) is 3.69. The highest BCUT2D eigenvalue weighted by molar-refractivity contribution is 6.02. The number of hydrogen-bond acceptors (Lipinski definition) is 9. The van der Waals surface area contributed by atoms with E-state index in [9.17, 15) is 0 Å². The zero-order valence-corrected chi connectivity index (χ0v) is 19.0. The van der Waals surface area contributed by atoms with Gasteiger partial charge in [-0.2, -0.15) is 0 Å². The fraction of sp³-hybridized carbons (Fsp3) is 0.208. The van der Waals surface area contributed by atoms with Crippen LogP contribution in [0.4, 0.5) is 5.82 Å². The summed E-state index contributed by atoms with van der Waals surface area (Å²) < 4.78 is 27.5. The van der Waals surface area contributed by atoms with Crippen LogP contribution in [0.25, 0.3) is 33.4 Å². The lowest BCUT2D eigenvalue weighted by molar-refractivity contribution is 0.349. The molecule has 2 aromatic heterocycles. The minimum Gasteiger partial charge on any atom is -0.497 e. The molecule has 2 heterocycles. The Morgan fingerprint density at radius 2 is 1.30 bits per heavy atom. The molecule has 0 bridgehead atoms. The summed E-state index contributed by atoms with van der Waals surface area (Å²) >= 11 is 0. The number of aromatic nitrogens is 3. The summed E-state index contributed by atoms with van der Waals surface area (Å²) in [5, 5.41) is 0.597. The van der Waals surface area contributed by atoms with Crippen LogP contribution >= 0.6 is 0 Å². The summed E-state index contributed by atoms with van der Waals surface area (Å²) in [6.45, 7) is 0. The van der Waals surface area contributed by atoms with Crippen LogP contribution in [0.1, 0.15) is 0 Å². The summed E-state index contributed by atoms with van der Waals surface area (Å²) in [5.41, 5.74) is 9.54. The van der Waals surface area contributed by atoms with Crippen LogP contribution in [0.3, 0.4) is 0 Å². The number of nitrogens with two attached hydrogens (primary N) is 1. The smallest absolute Gasteiger partial charge is 0.165 e. The Labute approximate surface area is 191 Å². The molecule has 0 fully saturated rings. The van der Waals surface area contributed by atoms with E-state index in [0.29, 0.717) is 51.3 Å². The molecule has 33 heavy (non-hydrogen) atoms. The van der Waals surface area contributed by atoms with Crippen LogP contribution in [0.2, 0.25) is 0 Å². The first-order valence-corrected chi connectivity index (χ1v) is 9.98. The Balaban J connectivity index is 2.06. The number of rotatable bonds is 7. The van der Waals surface area contributed by atoms with Gasteiger partial charge in [0.15, 0.2) is 17.1 Å². The molecular formula is C24H24N4O5. The molecule has 4 rings (SSSR count). The zero-order chi connectivity index (χ0) is 23.5. The van der Waals surface area contributed by atoms with Gasteiger partial charge in [0.25, 0.3) is 0 Å². The van der Waals surface area contributed by atoms with Crippen molar-refractivity contribution < 1.29 is 23.7 Å². The Morgan fingerprint density at radius 1 is 0.636 bits per heavy atom. The maximum atomic E-state index is 6.27. The second-order valence-electron chi connectivity index (χ2n) is 6.99. The average molecular weight is 448 g/mol. The minimum absolute atomic E-state index is 0.299. The lowest BCUT2D eigenvalue weighted by Crippen LogP contribution is -2.01. The van der Waals surface area contributed by atoms with Crippen molar-refractivity contribution in [3.05, 3.63) is 42.7 Å². The summed E-state index contributed by atoms with van der Waals surface area (Å²) in [5.74, 6) is 3.22. The maximum absolute atomic E-state index is 6.27. The second kappa shape index (κ2) is 9.07. The molecule has 0 radical (unpaired) electrons. The van der Waals surface area contributed by atoms with Crippen LogP contribution in [-0.4, -0.2) is 50.5 Å². The number of nitrogen functional groups attached to an aromatic ring is 1. The number of methoxy groups -OCH3 is 5. The summed E-state index contributed by atoms with van der Waals surface area (Å²) in [6.07, 6.45) is 1.38. The molecule has 0 aliphatic carbocycles. The molecule has 0 aliphatic heterocycles. The number of benzene rings is 2. The third-order valence-corrected chi connectivity index (χ3v) is 5.31. The largest absolute Gasteiger partial charge is 0.497 e. The van der Waals surface area contributed by atoms with Gasteiger partial charge in [-0.1, -0.05) is 0 Å². The fourth-order valence-electron chi connectivity index (χ4n) is 3.69. The van der Waals surface area contributed by atoms with Gasteiger partial charge in [0.05, 0.1) is 46.6 Å². The van der Waals surface area contributed by atoms with Gasteiger partial charge in [-0.05, 0) is 24.3 Å². The van der Waals surface area contributed by atoms with Gasteiger partial charge < -0.3 is 29.4 Å². The molecule has 0 saturated carbocycles. The molecular weight excluding hydrogens is 424 g/mol. The topological polar surface area (TPSA) is 111 Å². The lowest BCUT2D eigenvalue weighted by Gasteiger charge is -2.17. The van der Waals surface area contributed by atoms with Crippen LogP contribution < -0.4 is 29.4 Å². The highest BCUT2D eigenvalue weighted by atomic mass is 16.5. The third kappa shape index (κ3) is 3.89. The molecule has 0 atom stereocenters. The van der Waals surface area contributed by atoms with E-state index in [1.54, 1.807) is 47.7 Å². The summed E-state index contributed by atoms with van der Waals surface area (Å²) in [6, 6.07) is 11.0. The summed E-state index contributed by atoms with van der Waals surface area (Å²) in [4.78, 5) is 13.3. The van der Waals surface area contributed by atoms with E-state index in [2.05, 4.69) is 9.97 Å². The van der Waals surface area contributed by atoms with Crippen LogP contribution in [0, 0.1) is 0 Å². The van der Waals surface area contributed by atoms with E-state index >= 15 is 0 Å². The number of pyridine rings is 1. The Hall–Kier alpha value is -4.27. The van der Waals surface area contributed by atoms with E-state index in [1.807, 2.05) is 24.3 Å². The quantitative estimate of drug-likeness (QED) is 0.449. The van der Waals surface area contributed by atoms with E-state index in [1.165, 1.54) is 6.33 Å². The van der Waals surface area contributed by atoms with Gasteiger partial charge in [0.2, 0.25) is 0 Å². The Kier molecular flexibility index (Phi) is 6.03. The summed E-state index contributed by atoms with van der Waals surface area (Å²) in [7, 11) is 7.92. The highest BCUT2D eigenvalue weighted by Crippen LogP contribution is 2.44. The molecule has 4 aromatic rings. The van der Waals surface area contributed by atoms with Crippen molar-refractivity contribution in [1.82, 2.24) is 15.0 Å². The number of ether oxygens (including phenoxy) is 5. The third-order valence-electron chi connectivity index (χ3n) is 5.31. The first kappa shape index (κ1) is 21.9. The van der Waals surface area contributed by atoms with Crippen molar-refractivity contribution in [3.63, 3.8) is 0 Å². The number of hydrogen-bond donors (Lipinski definition) is 1. The standard InChI is InChI=1S/C24H24N4O5/c1-29-13-6-7-14(18(8-13)30-2)17-9-16(22-23(25)26-12-27-24(22)28-17)15-10-20(32-4)21(33-5)11-19(15)31-3/h6-12H,1-5H3,(H2,25,26,27,28). The van der Waals surface area contributed by atoms with Crippen LogP contribution in [0.15, 0.2) is 42.7 Å². The van der Waals surface area contributed by atoms with E-state index in [4.69, 9.17) is 34.4 Å². The SMILES string of the molecule is COc1ccc(-c2cc(-c3cc(OC)c(OC)cc3OC)c3c(N)ncnc3n2)c(OC)c1. The molecule has 9 heteroatoms. The lowest BCUT2D eigenvalue weighted by atomic mass is 9.98. The first-order chi connectivity index (χ1) is 16.0. The van der Waals surface area contributed by atoms with E-state index < -0.39 is 0 Å². The van der Waals surface area contributed by atoms with Crippen molar-refractivity contribution >= 4 is 16.9 Å². The van der Waals surface area contributed by atoms with Crippen molar-refractivity contribution in [2.45, 2.75) is 0 Å². The predicted octanol–water partition coefficient (Wildman–Crippen LogP) is 3.98. The van der Waals surface area contributed by atoms with Crippen LogP contribution in [0.5, 0.6) is 28.7 Å². The Bertz CT molecular complexity index is 1330. The number of fused-ring (bicyclic) bond motifs is 1. The molecule has 0 spiro atoms. The molecule has 0 aliphatic rings. The normalized spacial score (nSPS) is 10.7. The van der Waals surface area contributed by atoms with Gasteiger partial charge in [-0.25, -0.2) is 15.0 Å². The molecule has 9 nitrogen and oxygen atoms in total. The molecule has 2 aromatic carbocycles. The van der Waals surface area contributed by atoms with E-state index in [-0.39, 0.29) is 0 Å². The van der Waals surface area contributed by atoms with Gasteiger partial charge in [-0.15, -0.1) is 0 Å². The van der Waals surface area contributed by atoms with Crippen LogP contribution in [-0.2, 0) is 0 Å². The van der Waals surface area contributed by atoms with E-state index in [0.717, 1.165) is 16.7 Å². The predicted molar refractivity (Wildman–Crippen MR) is 125 cm³/mol. The zero-order valence-electron chi connectivity index (χ0n) is 19.0. The highest BCUT2D eigenvalue weighted by Gasteiger charge is 2.21. The van der Waals surface area contributed by atoms with Gasteiger partial charge >= 0.3 is 0 Å². The second-order valence-corrected chi connectivity index (χ2v) is 6.99. The average Bonchev–Trinajstić information content (AvgIpc) is 2.86. The van der Waals surface area contributed by atoms with Crippen molar-refractivity contribution in [2.24, 2.45) is 0 Å². The molecule has 170 valence electrons. The molecule has 0 amide bonds. The minimum atomic E-state index is 0.299. The molecule has 2 N–H and O–H groups in total. The van der Waals surface area contributed by atoms with Gasteiger partial charge in [0, 0.05) is 28.8 Å². The van der Waals surface area contributed by atoms with Crippen molar-refractivity contribution in [3.8, 4) is 51.1 Å². The molecule has 0 unspecified atom stereocenters. The Morgan fingerprint density at radius 3 is 1.97 bits per heavy atom. The van der Waals surface area contributed by atoms with Gasteiger partial charge in [0.1, 0.15) is 29.4 Å². The molecule has 0 saturated heterocycles. The first-order valence-electron chi connectivity index (χ1n) is 9.98. The van der Waals surface area contributed by atoms with Gasteiger partial charge in [-0.3, -0.25) is 0 Å². The number of anilines is 1. The monoisotopic (exact) mass is 448 g/mol.